The highest BCUT2D eigenvalue weighted by Crippen LogP contribution is 2.40. The SMILES string of the molecule is COc1ccc(C(=O)Oc2ccc(Br)cc2C=NNC(=O)c2[nH]c3c(Cl)cc(Cl)cc3c2-c2ccccc2Cl)cc1. The Balaban J connectivity index is 1.43. The quantitative estimate of drug-likeness (QED) is 0.0785. The predicted octanol–water partition coefficient (Wildman–Crippen LogP) is 8.55. The molecule has 0 aliphatic carbocycles. The molecule has 0 aliphatic heterocycles. The van der Waals surface area contributed by atoms with Crippen molar-refractivity contribution < 1.29 is 19.1 Å². The lowest BCUT2D eigenvalue weighted by Gasteiger charge is -2.09. The molecular formula is C30H19BrCl3N3O4. The number of nitrogens with one attached hydrogen (secondary N) is 2. The van der Waals surface area contributed by atoms with Gasteiger partial charge in [-0.3, -0.25) is 4.79 Å². The third kappa shape index (κ3) is 6.26. The standard InChI is InChI=1S/C30H19BrCl3N3O4/c1-40-20-9-6-16(7-10-20)30(39)41-25-11-8-18(31)12-17(25)15-35-37-29(38)28-26(21-4-2-3-5-23(21)33)22-13-19(32)14-24(34)27(22)36-28/h2-15,36H,1H3,(H,37,38). The second-order valence-corrected chi connectivity index (χ2v) is 10.8. The second kappa shape index (κ2) is 12.4. The number of amides is 1. The van der Waals surface area contributed by atoms with E-state index < -0.39 is 11.9 Å². The zero-order valence-corrected chi connectivity index (χ0v) is 25.0. The Morgan fingerprint density at radius 2 is 1.71 bits per heavy atom. The first-order valence-electron chi connectivity index (χ1n) is 12.0. The average Bonchev–Trinajstić information content (AvgIpc) is 3.34. The Kier molecular flexibility index (Phi) is 8.65. The smallest absolute Gasteiger partial charge is 0.343 e. The van der Waals surface area contributed by atoms with Crippen molar-refractivity contribution in [2.24, 2.45) is 5.10 Å². The molecule has 1 aromatic heterocycles. The highest BCUT2D eigenvalue weighted by molar-refractivity contribution is 9.10. The summed E-state index contributed by atoms with van der Waals surface area (Å²) in [5, 5.41) is 5.95. The van der Waals surface area contributed by atoms with Crippen LogP contribution in [0.15, 0.2) is 88.4 Å². The lowest BCUT2D eigenvalue weighted by atomic mass is 10.0. The van der Waals surface area contributed by atoms with Crippen LogP contribution >= 0.6 is 50.7 Å². The minimum absolute atomic E-state index is 0.190. The number of hydrogen-bond acceptors (Lipinski definition) is 5. The molecule has 206 valence electrons. The number of nitrogens with zero attached hydrogens (tertiary/aromatic N) is 1. The number of methoxy groups -OCH3 is 1. The minimum Gasteiger partial charge on any atom is -0.497 e. The molecule has 11 heteroatoms. The largest absolute Gasteiger partial charge is 0.497 e. The van der Waals surface area contributed by atoms with Gasteiger partial charge in [0.15, 0.2) is 0 Å². The minimum atomic E-state index is -0.563. The number of halogens is 4. The summed E-state index contributed by atoms with van der Waals surface area (Å²) < 4.78 is 11.5. The fourth-order valence-electron chi connectivity index (χ4n) is 4.15. The number of fused-ring (bicyclic) bond motifs is 1. The van der Waals surface area contributed by atoms with Gasteiger partial charge in [0.05, 0.1) is 29.4 Å². The van der Waals surface area contributed by atoms with Crippen LogP contribution < -0.4 is 14.9 Å². The molecule has 0 atom stereocenters. The van der Waals surface area contributed by atoms with E-state index in [-0.39, 0.29) is 11.4 Å². The summed E-state index contributed by atoms with van der Waals surface area (Å²) in [4.78, 5) is 29.2. The summed E-state index contributed by atoms with van der Waals surface area (Å²) in [5.41, 5.74) is 5.18. The maximum Gasteiger partial charge on any atom is 0.343 e. The van der Waals surface area contributed by atoms with Gasteiger partial charge in [0, 0.05) is 36.6 Å². The lowest BCUT2D eigenvalue weighted by molar-refractivity contribution is 0.0734. The zero-order valence-electron chi connectivity index (χ0n) is 21.2. The molecule has 1 heterocycles. The first kappa shape index (κ1) is 28.7. The number of carbonyl (C=O) groups excluding carboxylic acids is 2. The highest BCUT2D eigenvalue weighted by Gasteiger charge is 2.22. The molecule has 0 saturated heterocycles. The summed E-state index contributed by atoms with van der Waals surface area (Å²) in [7, 11) is 1.54. The number of ether oxygens (including phenoxy) is 2. The van der Waals surface area contributed by atoms with Gasteiger partial charge < -0.3 is 14.5 Å². The molecule has 0 spiro atoms. The first-order chi connectivity index (χ1) is 19.7. The van der Waals surface area contributed by atoms with Gasteiger partial charge in [-0.25, -0.2) is 10.2 Å². The molecule has 0 saturated carbocycles. The number of hydrazone groups is 1. The Hall–Kier alpha value is -3.82. The van der Waals surface area contributed by atoms with Gasteiger partial charge >= 0.3 is 5.97 Å². The number of aromatic nitrogens is 1. The van der Waals surface area contributed by atoms with E-state index in [1.54, 1.807) is 79.9 Å². The monoisotopic (exact) mass is 669 g/mol. The maximum atomic E-state index is 13.4. The number of H-pyrrole nitrogens is 1. The van der Waals surface area contributed by atoms with E-state index in [1.165, 1.54) is 6.21 Å². The van der Waals surface area contributed by atoms with Gasteiger partial charge in [0.25, 0.3) is 5.91 Å². The third-order valence-electron chi connectivity index (χ3n) is 6.06. The molecule has 2 N–H and O–H groups in total. The number of aromatic amines is 1. The summed E-state index contributed by atoms with van der Waals surface area (Å²) in [5.74, 6) is -0.249. The van der Waals surface area contributed by atoms with Crippen molar-refractivity contribution in [1.82, 2.24) is 10.4 Å². The molecule has 0 aliphatic rings. The Bertz CT molecular complexity index is 1820. The normalized spacial score (nSPS) is 11.1. The highest BCUT2D eigenvalue weighted by atomic mass is 79.9. The van der Waals surface area contributed by atoms with Crippen molar-refractivity contribution in [1.29, 1.82) is 0 Å². The van der Waals surface area contributed by atoms with E-state index in [4.69, 9.17) is 44.3 Å². The van der Waals surface area contributed by atoms with Crippen LogP contribution in [0.5, 0.6) is 11.5 Å². The van der Waals surface area contributed by atoms with Crippen molar-refractivity contribution in [2.45, 2.75) is 0 Å². The van der Waals surface area contributed by atoms with Crippen LogP contribution in [0.2, 0.25) is 15.1 Å². The predicted molar refractivity (Wildman–Crippen MR) is 166 cm³/mol. The topological polar surface area (TPSA) is 92.8 Å². The van der Waals surface area contributed by atoms with E-state index in [0.29, 0.717) is 54.0 Å². The summed E-state index contributed by atoms with van der Waals surface area (Å²) >= 11 is 22.6. The number of esters is 1. The summed E-state index contributed by atoms with van der Waals surface area (Å²) in [6, 6.07) is 22.0. The number of benzene rings is 4. The van der Waals surface area contributed by atoms with E-state index in [2.05, 4.69) is 31.4 Å². The van der Waals surface area contributed by atoms with Crippen molar-refractivity contribution in [3.05, 3.63) is 115 Å². The molecule has 1 amide bonds. The fraction of sp³-hybridized carbons (Fsp3) is 0.0333. The molecule has 5 aromatic rings. The molecule has 0 radical (unpaired) electrons. The number of hydrogen-bond donors (Lipinski definition) is 2. The Morgan fingerprint density at radius 1 is 0.951 bits per heavy atom. The van der Waals surface area contributed by atoms with Crippen molar-refractivity contribution in [2.75, 3.05) is 7.11 Å². The van der Waals surface area contributed by atoms with Crippen LogP contribution in [-0.2, 0) is 0 Å². The van der Waals surface area contributed by atoms with Crippen molar-refractivity contribution in [3.8, 4) is 22.6 Å². The van der Waals surface area contributed by atoms with Crippen LogP contribution in [0.1, 0.15) is 26.4 Å². The molecule has 7 nitrogen and oxygen atoms in total. The third-order valence-corrected chi connectivity index (χ3v) is 7.40. The molecular weight excluding hydrogens is 653 g/mol. The lowest BCUT2D eigenvalue weighted by Crippen LogP contribution is -2.19. The number of rotatable bonds is 7. The van der Waals surface area contributed by atoms with Crippen LogP contribution in [0.3, 0.4) is 0 Å². The van der Waals surface area contributed by atoms with Crippen molar-refractivity contribution in [3.63, 3.8) is 0 Å². The molecule has 4 aromatic carbocycles. The number of carbonyl (C=O) groups is 2. The van der Waals surface area contributed by atoms with Gasteiger partial charge in [-0.1, -0.05) is 68.9 Å². The molecule has 41 heavy (non-hydrogen) atoms. The Morgan fingerprint density at radius 3 is 2.44 bits per heavy atom. The molecule has 0 fully saturated rings. The average molecular weight is 672 g/mol. The van der Waals surface area contributed by atoms with Gasteiger partial charge in [0.1, 0.15) is 17.2 Å². The first-order valence-corrected chi connectivity index (χ1v) is 13.9. The summed E-state index contributed by atoms with van der Waals surface area (Å²) in [6.07, 6.45) is 1.38. The van der Waals surface area contributed by atoms with Gasteiger partial charge in [0.2, 0.25) is 0 Å². The van der Waals surface area contributed by atoms with Crippen LogP contribution in [0.4, 0.5) is 0 Å². The Labute approximate surface area is 258 Å². The van der Waals surface area contributed by atoms with Crippen LogP contribution in [0, 0.1) is 0 Å². The van der Waals surface area contributed by atoms with Gasteiger partial charge in [-0.15, -0.1) is 0 Å². The van der Waals surface area contributed by atoms with E-state index >= 15 is 0 Å². The molecule has 5 rings (SSSR count). The van der Waals surface area contributed by atoms with Gasteiger partial charge in [-0.2, -0.15) is 5.10 Å². The van der Waals surface area contributed by atoms with Crippen LogP contribution in [-0.4, -0.2) is 30.2 Å². The van der Waals surface area contributed by atoms with Crippen LogP contribution in [0.25, 0.3) is 22.0 Å². The van der Waals surface area contributed by atoms with Gasteiger partial charge in [-0.05, 0) is 60.7 Å². The maximum absolute atomic E-state index is 13.4. The summed E-state index contributed by atoms with van der Waals surface area (Å²) in [6.45, 7) is 0. The van der Waals surface area contributed by atoms with Crippen molar-refractivity contribution >= 4 is 79.7 Å². The van der Waals surface area contributed by atoms with E-state index in [1.807, 2.05) is 6.07 Å². The van der Waals surface area contributed by atoms with E-state index in [0.717, 1.165) is 4.47 Å². The second-order valence-electron chi connectivity index (χ2n) is 8.66. The molecule has 0 bridgehead atoms. The zero-order chi connectivity index (χ0) is 29.1. The fourth-order valence-corrected chi connectivity index (χ4v) is 5.30. The molecule has 0 unspecified atom stereocenters. The van der Waals surface area contributed by atoms with E-state index in [9.17, 15) is 9.59 Å².